The van der Waals surface area contributed by atoms with E-state index in [9.17, 15) is 33.6 Å². The summed E-state index contributed by atoms with van der Waals surface area (Å²) in [5.74, 6) is -3.87. The topological polar surface area (TPSA) is 186 Å². The number of carbonyl (C=O) groups excluding carboxylic acids is 7. The molecular formula is C38H57N7O7. The third kappa shape index (κ3) is 9.68. The summed E-state index contributed by atoms with van der Waals surface area (Å²) >= 11 is 0. The van der Waals surface area contributed by atoms with Crippen molar-refractivity contribution in [2.45, 2.75) is 104 Å². The van der Waals surface area contributed by atoms with Crippen LogP contribution in [0.2, 0.25) is 0 Å². The minimum absolute atomic E-state index is 0.0507. The van der Waals surface area contributed by atoms with Crippen LogP contribution < -0.4 is 26.6 Å². The number of benzene rings is 1. The first-order valence-corrected chi connectivity index (χ1v) is 18.1. The summed E-state index contributed by atoms with van der Waals surface area (Å²) in [6, 6.07) is 4.16. The first-order chi connectivity index (χ1) is 24.0. The molecule has 0 radical (unpaired) electrons. The maximum absolute atomic E-state index is 14.2. The van der Waals surface area contributed by atoms with Gasteiger partial charge in [0.2, 0.25) is 29.4 Å². The predicted octanol–water partition coefficient (Wildman–Crippen LogP) is 1.90. The molecular weight excluding hydrogens is 666 g/mol. The van der Waals surface area contributed by atoms with Crippen LogP contribution in [0.25, 0.3) is 0 Å². The molecule has 14 nitrogen and oxygen atoms in total. The van der Waals surface area contributed by atoms with Gasteiger partial charge < -0.3 is 36.4 Å². The summed E-state index contributed by atoms with van der Waals surface area (Å²) in [5, 5.41) is 13.5. The fourth-order valence-corrected chi connectivity index (χ4v) is 7.12. The Balaban J connectivity index is 1.46. The number of likely N-dealkylation sites (N-methyl/N-ethyl adjacent to an activating group) is 1. The van der Waals surface area contributed by atoms with Gasteiger partial charge in [0.25, 0.3) is 5.91 Å². The molecule has 14 heteroatoms. The molecule has 1 unspecified atom stereocenters. The average molecular weight is 724 g/mol. The molecule has 1 saturated heterocycles. The fraction of sp³-hybridized carbons (Fsp3) is 0.658. The van der Waals surface area contributed by atoms with Crippen molar-refractivity contribution in [1.29, 1.82) is 0 Å². The van der Waals surface area contributed by atoms with Gasteiger partial charge in [-0.3, -0.25) is 28.8 Å². The van der Waals surface area contributed by atoms with Gasteiger partial charge in [0.1, 0.15) is 18.1 Å². The normalized spacial score (nSPS) is 22.1. The number of fused-ring (bicyclic) bond motifs is 1. The molecule has 286 valence electrons. The van der Waals surface area contributed by atoms with Crippen LogP contribution in [-0.2, 0) is 28.8 Å². The van der Waals surface area contributed by atoms with Gasteiger partial charge in [-0.05, 0) is 61.3 Å². The summed E-state index contributed by atoms with van der Waals surface area (Å²) in [5.41, 5.74) is -0.890. The number of hydrogen-bond donors (Lipinski definition) is 5. The zero-order chi connectivity index (χ0) is 38.9. The van der Waals surface area contributed by atoms with Crippen molar-refractivity contribution in [2.75, 3.05) is 27.2 Å². The van der Waals surface area contributed by atoms with E-state index in [0.29, 0.717) is 12.1 Å². The minimum atomic E-state index is -1.16. The zero-order valence-corrected chi connectivity index (χ0v) is 32.2. The average Bonchev–Trinajstić information content (AvgIpc) is 3.90. The highest BCUT2D eigenvalue weighted by atomic mass is 16.2. The Morgan fingerprint density at radius 3 is 2.06 bits per heavy atom. The van der Waals surface area contributed by atoms with Crippen LogP contribution in [0.1, 0.15) is 86.3 Å². The molecule has 1 aliphatic heterocycles. The first kappa shape index (κ1) is 40.3. The van der Waals surface area contributed by atoms with Crippen molar-refractivity contribution in [3.63, 3.8) is 0 Å². The summed E-state index contributed by atoms with van der Waals surface area (Å²) in [4.78, 5) is 96.6. The van der Waals surface area contributed by atoms with E-state index >= 15 is 0 Å². The predicted molar refractivity (Wildman–Crippen MR) is 194 cm³/mol. The Bertz CT molecular complexity index is 1560. The van der Waals surface area contributed by atoms with E-state index in [4.69, 9.17) is 0 Å². The molecule has 2 saturated carbocycles. The highest BCUT2D eigenvalue weighted by molar-refractivity contribution is 6.38. The molecule has 2 aliphatic carbocycles. The quantitative estimate of drug-likeness (QED) is 0.192. The third-order valence-electron chi connectivity index (χ3n) is 10.3. The monoisotopic (exact) mass is 723 g/mol. The summed E-state index contributed by atoms with van der Waals surface area (Å²) in [7, 11) is 3.13. The lowest BCUT2D eigenvalue weighted by atomic mass is 9.85. The third-order valence-corrected chi connectivity index (χ3v) is 10.3. The van der Waals surface area contributed by atoms with Crippen molar-refractivity contribution in [1.82, 2.24) is 36.4 Å². The Morgan fingerprint density at radius 1 is 0.904 bits per heavy atom. The van der Waals surface area contributed by atoms with Crippen LogP contribution in [0.5, 0.6) is 0 Å². The van der Waals surface area contributed by atoms with Gasteiger partial charge >= 0.3 is 6.03 Å². The van der Waals surface area contributed by atoms with Crippen LogP contribution in [0, 0.1) is 28.6 Å². The molecule has 0 aromatic heterocycles. The Kier molecular flexibility index (Phi) is 11.8. The number of rotatable bonds is 13. The van der Waals surface area contributed by atoms with E-state index in [0.717, 1.165) is 12.8 Å². The van der Waals surface area contributed by atoms with Crippen LogP contribution in [0.4, 0.5) is 4.79 Å². The number of carbonyl (C=O) groups is 7. The Hall–Kier alpha value is -4.49. The Labute approximate surface area is 306 Å². The number of amides is 7. The second-order valence-electron chi connectivity index (χ2n) is 17.5. The van der Waals surface area contributed by atoms with E-state index in [-0.39, 0.29) is 35.5 Å². The van der Waals surface area contributed by atoms with Crippen molar-refractivity contribution >= 4 is 41.4 Å². The van der Waals surface area contributed by atoms with Gasteiger partial charge in [0.05, 0.1) is 12.6 Å². The summed E-state index contributed by atoms with van der Waals surface area (Å²) < 4.78 is 0. The van der Waals surface area contributed by atoms with Crippen LogP contribution in [-0.4, -0.2) is 102 Å². The van der Waals surface area contributed by atoms with Gasteiger partial charge in [0, 0.05) is 26.2 Å². The smallest absolute Gasteiger partial charge is 0.315 e. The highest BCUT2D eigenvalue weighted by Crippen LogP contribution is 2.65. The lowest BCUT2D eigenvalue weighted by Crippen LogP contribution is -2.62. The number of hydrogen-bond acceptors (Lipinski definition) is 7. The molecule has 1 aromatic carbocycles. The van der Waals surface area contributed by atoms with Crippen molar-refractivity contribution in [3.8, 4) is 0 Å². The van der Waals surface area contributed by atoms with Gasteiger partial charge in [-0.15, -0.1) is 0 Å². The van der Waals surface area contributed by atoms with E-state index in [2.05, 4.69) is 26.6 Å². The maximum Gasteiger partial charge on any atom is 0.315 e. The minimum Gasteiger partial charge on any atom is -0.347 e. The molecule has 6 atom stereocenters. The largest absolute Gasteiger partial charge is 0.347 e. The molecule has 4 rings (SSSR count). The van der Waals surface area contributed by atoms with Crippen molar-refractivity contribution in [3.05, 3.63) is 35.9 Å². The SMILES string of the molecule is CN(C)C(=O)[C@@H](NC(=O)CNC(=O)C(=O)C(CC1CC1)NC(=O)[C@@H]1[C@@H]2[C@H](CN1C(=O)[C@@H](NC(=O)NC(C)(C)C)C(C)(C)C)C2(C)C)c1ccccc1. The Morgan fingerprint density at radius 2 is 1.52 bits per heavy atom. The molecule has 3 aliphatic rings. The molecule has 3 fully saturated rings. The van der Waals surface area contributed by atoms with Crippen molar-refractivity contribution in [2.24, 2.45) is 28.6 Å². The fourth-order valence-electron chi connectivity index (χ4n) is 7.12. The number of ketones is 1. The van der Waals surface area contributed by atoms with Gasteiger partial charge in [-0.2, -0.15) is 0 Å². The molecule has 0 bridgehead atoms. The number of nitrogens with one attached hydrogen (secondary N) is 5. The number of piperidine rings is 1. The highest BCUT2D eigenvalue weighted by Gasteiger charge is 2.70. The van der Waals surface area contributed by atoms with E-state index < -0.39 is 77.1 Å². The molecule has 52 heavy (non-hydrogen) atoms. The molecule has 7 amide bonds. The molecule has 5 N–H and O–H groups in total. The van der Waals surface area contributed by atoms with Crippen LogP contribution in [0.15, 0.2) is 30.3 Å². The van der Waals surface area contributed by atoms with Crippen molar-refractivity contribution < 1.29 is 33.6 Å². The first-order valence-electron chi connectivity index (χ1n) is 18.1. The molecule has 1 heterocycles. The van der Waals surface area contributed by atoms with E-state index in [1.165, 1.54) is 9.80 Å². The van der Waals surface area contributed by atoms with E-state index in [1.54, 1.807) is 44.4 Å². The lowest BCUT2D eigenvalue weighted by Gasteiger charge is -2.38. The second-order valence-corrected chi connectivity index (χ2v) is 17.5. The van der Waals surface area contributed by atoms with E-state index in [1.807, 2.05) is 55.4 Å². The molecule has 1 aromatic rings. The summed E-state index contributed by atoms with van der Waals surface area (Å²) in [6.45, 7) is 14.9. The van der Waals surface area contributed by atoms with Gasteiger partial charge in [0.15, 0.2) is 0 Å². The zero-order valence-electron chi connectivity index (χ0n) is 32.2. The number of urea groups is 1. The number of nitrogens with zero attached hydrogens (tertiary/aromatic N) is 2. The number of Topliss-reactive ketones (excluding diaryl/α,β-unsaturated/α-hetero) is 1. The number of likely N-dealkylation sites (tertiary alicyclic amines) is 1. The standard InChI is InChI=1S/C38H57N7O7/c1-36(2,3)30(42-35(52)43-37(4,5)6)34(51)45-20-23-26(38(23,7)8)28(45)31(48)40-24(18-21-16-17-21)29(47)32(49)39-19-25(46)41-27(33(50)44(9)10)22-14-12-11-13-15-22/h11-15,21,23-24,26-28,30H,16-20H2,1-10H3,(H,39,49)(H,40,48)(H,41,46)(H2,42,43,52)/t23-,24?,26-,27-,28-,30+/m0/s1. The second kappa shape index (κ2) is 15.2. The van der Waals surface area contributed by atoms with Crippen LogP contribution in [0.3, 0.4) is 0 Å². The van der Waals surface area contributed by atoms with Crippen LogP contribution >= 0.6 is 0 Å². The van der Waals surface area contributed by atoms with Gasteiger partial charge in [-0.25, -0.2) is 4.79 Å². The molecule has 0 spiro atoms. The maximum atomic E-state index is 14.2. The summed E-state index contributed by atoms with van der Waals surface area (Å²) in [6.07, 6.45) is 1.95. The lowest BCUT2D eigenvalue weighted by molar-refractivity contribution is -0.145. The van der Waals surface area contributed by atoms with Gasteiger partial charge in [-0.1, -0.05) is 77.8 Å².